The number of anilines is 1. The van der Waals surface area contributed by atoms with Gasteiger partial charge in [-0.15, -0.1) is 15.3 Å². The van der Waals surface area contributed by atoms with Crippen LogP contribution in [0.3, 0.4) is 0 Å². The predicted octanol–water partition coefficient (Wildman–Crippen LogP) is 1.37. The summed E-state index contributed by atoms with van der Waals surface area (Å²) in [4.78, 5) is 6.44. The van der Waals surface area contributed by atoms with Crippen LogP contribution in [0.15, 0.2) is 23.4 Å². The molecule has 0 atom stereocenters. The van der Waals surface area contributed by atoms with Crippen LogP contribution in [0.1, 0.15) is 50.2 Å². The first kappa shape index (κ1) is 19.4. The van der Waals surface area contributed by atoms with Crippen molar-refractivity contribution in [2.24, 2.45) is 7.05 Å². The number of aryl methyl sites for hydroxylation is 1. The molecular formula is C19H26N8O2S. The first-order valence-corrected chi connectivity index (χ1v) is 11.7. The lowest BCUT2D eigenvalue weighted by molar-refractivity contribution is 0.308. The number of sulfonamides is 1. The van der Waals surface area contributed by atoms with E-state index in [1.165, 1.54) is 4.31 Å². The maximum Gasteiger partial charge on any atom is 0.262 e. The third-order valence-electron chi connectivity index (χ3n) is 5.97. The summed E-state index contributed by atoms with van der Waals surface area (Å²) in [6, 6.07) is 3.70. The number of aromatic nitrogens is 6. The van der Waals surface area contributed by atoms with Crippen LogP contribution in [-0.4, -0.2) is 68.3 Å². The van der Waals surface area contributed by atoms with Crippen molar-refractivity contribution in [1.82, 2.24) is 33.7 Å². The van der Waals surface area contributed by atoms with E-state index in [0.29, 0.717) is 19.0 Å². The highest BCUT2D eigenvalue weighted by molar-refractivity contribution is 7.89. The molecule has 0 unspecified atom stereocenters. The van der Waals surface area contributed by atoms with Gasteiger partial charge in [-0.05, 0) is 25.0 Å². The summed E-state index contributed by atoms with van der Waals surface area (Å²) in [5.74, 6) is 3.10. The Hall–Kier alpha value is -2.53. The molecule has 0 radical (unpaired) electrons. The fraction of sp³-hybridized carbons (Fsp3) is 0.579. The van der Waals surface area contributed by atoms with Crippen LogP contribution >= 0.6 is 0 Å². The van der Waals surface area contributed by atoms with Gasteiger partial charge in [0.1, 0.15) is 11.6 Å². The van der Waals surface area contributed by atoms with E-state index in [2.05, 4.69) is 20.1 Å². The zero-order valence-electron chi connectivity index (χ0n) is 17.6. The molecule has 4 heterocycles. The van der Waals surface area contributed by atoms with Crippen LogP contribution in [0.5, 0.6) is 0 Å². The first-order chi connectivity index (χ1) is 14.3. The van der Waals surface area contributed by atoms with E-state index < -0.39 is 10.0 Å². The maximum absolute atomic E-state index is 13.1. The molecule has 1 aliphatic heterocycles. The molecule has 5 rings (SSSR count). The highest BCUT2D eigenvalue weighted by Crippen LogP contribution is 2.39. The van der Waals surface area contributed by atoms with Gasteiger partial charge in [-0.2, -0.15) is 8.82 Å². The van der Waals surface area contributed by atoms with Gasteiger partial charge < -0.3 is 9.47 Å². The molecule has 2 fully saturated rings. The average Bonchev–Trinajstić information content (AvgIpc) is 3.29. The molecule has 160 valence electrons. The van der Waals surface area contributed by atoms with Gasteiger partial charge in [0.05, 0.1) is 6.04 Å². The maximum atomic E-state index is 13.1. The van der Waals surface area contributed by atoms with E-state index in [-0.39, 0.29) is 17.0 Å². The van der Waals surface area contributed by atoms with Crippen molar-refractivity contribution in [3.05, 3.63) is 30.0 Å². The summed E-state index contributed by atoms with van der Waals surface area (Å²) < 4.78 is 31.2. The SMILES string of the molecule is CC(C)c1nc(S(=O)(=O)N(C)C2CN(c3ccc4nnc(C5CC5)n4n3)C2)cn1C. The Morgan fingerprint density at radius 1 is 1.17 bits per heavy atom. The molecule has 0 N–H and O–H groups in total. The van der Waals surface area contributed by atoms with Crippen molar-refractivity contribution in [3.8, 4) is 0 Å². The van der Waals surface area contributed by atoms with Gasteiger partial charge in [0.25, 0.3) is 10.0 Å². The molecule has 2 aliphatic rings. The third kappa shape index (κ3) is 3.07. The molecule has 0 aromatic carbocycles. The van der Waals surface area contributed by atoms with E-state index in [1.807, 2.05) is 37.5 Å². The molecule has 1 aliphatic carbocycles. The van der Waals surface area contributed by atoms with Crippen LogP contribution in [0.4, 0.5) is 5.82 Å². The second kappa shape index (κ2) is 6.74. The summed E-state index contributed by atoms with van der Waals surface area (Å²) in [7, 11) is -0.190. The van der Waals surface area contributed by atoms with Gasteiger partial charge in [-0.25, -0.2) is 13.4 Å². The number of hydrogen-bond acceptors (Lipinski definition) is 7. The smallest absolute Gasteiger partial charge is 0.262 e. The van der Waals surface area contributed by atoms with E-state index in [9.17, 15) is 8.42 Å². The van der Waals surface area contributed by atoms with Crippen molar-refractivity contribution >= 4 is 21.5 Å². The summed E-state index contributed by atoms with van der Waals surface area (Å²) >= 11 is 0. The zero-order chi connectivity index (χ0) is 21.2. The molecular weight excluding hydrogens is 404 g/mol. The number of fused-ring (bicyclic) bond motifs is 1. The van der Waals surface area contributed by atoms with Gasteiger partial charge in [0.15, 0.2) is 16.5 Å². The summed E-state index contributed by atoms with van der Waals surface area (Å²) in [5, 5.41) is 13.3. The van der Waals surface area contributed by atoms with Crippen LogP contribution in [-0.2, 0) is 17.1 Å². The van der Waals surface area contributed by atoms with Crippen LogP contribution in [0.25, 0.3) is 5.65 Å². The molecule has 1 saturated carbocycles. The van der Waals surface area contributed by atoms with Crippen molar-refractivity contribution in [3.63, 3.8) is 0 Å². The number of likely N-dealkylation sites (N-methyl/N-ethyl adjacent to an activating group) is 1. The Bertz CT molecular complexity index is 1200. The van der Waals surface area contributed by atoms with Gasteiger partial charge in [0, 0.05) is 45.2 Å². The number of nitrogens with zero attached hydrogens (tertiary/aromatic N) is 8. The van der Waals surface area contributed by atoms with Gasteiger partial charge in [0.2, 0.25) is 0 Å². The molecule has 10 nitrogen and oxygen atoms in total. The number of rotatable bonds is 6. The minimum atomic E-state index is -3.65. The molecule has 3 aromatic rings. The highest BCUT2D eigenvalue weighted by atomic mass is 32.2. The van der Waals surface area contributed by atoms with Crippen LogP contribution in [0, 0.1) is 0 Å². The monoisotopic (exact) mass is 430 g/mol. The van der Waals surface area contributed by atoms with Crippen molar-refractivity contribution in [2.45, 2.75) is 49.6 Å². The molecule has 0 amide bonds. The largest absolute Gasteiger partial charge is 0.352 e. The van der Waals surface area contributed by atoms with Gasteiger partial charge in [-0.1, -0.05) is 13.8 Å². The minimum absolute atomic E-state index is 0.104. The predicted molar refractivity (Wildman–Crippen MR) is 111 cm³/mol. The zero-order valence-corrected chi connectivity index (χ0v) is 18.4. The quantitative estimate of drug-likeness (QED) is 0.582. The fourth-order valence-corrected chi connectivity index (χ4v) is 5.21. The Balaban J connectivity index is 1.32. The van der Waals surface area contributed by atoms with Crippen LogP contribution < -0.4 is 4.90 Å². The van der Waals surface area contributed by atoms with Crippen molar-refractivity contribution in [1.29, 1.82) is 0 Å². The van der Waals surface area contributed by atoms with Gasteiger partial charge in [-0.3, -0.25) is 0 Å². The molecule has 0 bridgehead atoms. The molecule has 11 heteroatoms. The summed E-state index contributed by atoms with van der Waals surface area (Å²) in [6.45, 7) is 5.17. The van der Waals surface area contributed by atoms with E-state index in [0.717, 1.165) is 36.0 Å². The average molecular weight is 431 g/mol. The van der Waals surface area contributed by atoms with Crippen molar-refractivity contribution in [2.75, 3.05) is 25.0 Å². The van der Waals surface area contributed by atoms with Gasteiger partial charge >= 0.3 is 0 Å². The molecule has 3 aromatic heterocycles. The van der Waals surface area contributed by atoms with E-state index in [4.69, 9.17) is 5.10 Å². The number of imidazole rings is 1. The Labute approximate surface area is 175 Å². The molecule has 0 spiro atoms. The standard InChI is InChI=1S/C19H26N8O2S/c1-12(2)18-20-17(11-24(18)3)30(28,29)25(4)14-9-26(10-14)16-8-7-15-21-22-19(13-5-6-13)27(15)23-16/h7-8,11-14H,5-6,9-10H2,1-4H3. The Morgan fingerprint density at radius 3 is 2.53 bits per heavy atom. The normalized spacial score (nSPS) is 18.0. The Kier molecular flexibility index (Phi) is 4.37. The lowest BCUT2D eigenvalue weighted by Gasteiger charge is -2.43. The highest BCUT2D eigenvalue weighted by Gasteiger charge is 2.39. The molecule has 30 heavy (non-hydrogen) atoms. The third-order valence-corrected chi connectivity index (χ3v) is 7.75. The fourth-order valence-electron chi connectivity index (χ4n) is 3.89. The second-order valence-corrected chi connectivity index (χ2v) is 10.5. The van der Waals surface area contributed by atoms with E-state index >= 15 is 0 Å². The molecule has 1 saturated heterocycles. The first-order valence-electron chi connectivity index (χ1n) is 10.2. The topological polar surface area (TPSA) is 102 Å². The summed E-state index contributed by atoms with van der Waals surface area (Å²) in [5.41, 5.74) is 0.744. The minimum Gasteiger partial charge on any atom is -0.352 e. The Morgan fingerprint density at radius 2 is 1.90 bits per heavy atom. The lowest BCUT2D eigenvalue weighted by Crippen LogP contribution is -2.60. The lowest BCUT2D eigenvalue weighted by atomic mass is 10.1. The van der Waals surface area contributed by atoms with E-state index in [1.54, 1.807) is 17.8 Å². The van der Waals surface area contributed by atoms with Crippen LogP contribution in [0.2, 0.25) is 0 Å². The summed E-state index contributed by atoms with van der Waals surface area (Å²) in [6.07, 6.45) is 3.86. The van der Waals surface area contributed by atoms with Crippen molar-refractivity contribution < 1.29 is 8.42 Å². The number of hydrogen-bond donors (Lipinski definition) is 0. The second-order valence-electron chi connectivity index (χ2n) is 8.58.